The Balaban J connectivity index is 1.21. The molecule has 0 aromatic carbocycles. The second-order valence-corrected chi connectivity index (χ2v) is 7.37. The first-order valence-electron chi connectivity index (χ1n) is 9.38. The average molecular weight is 333 g/mol. The number of amides is 2. The first-order valence-corrected chi connectivity index (χ1v) is 9.38. The van der Waals surface area contributed by atoms with Gasteiger partial charge < -0.3 is 14.7 Å². The van der Waals surface area contributed by atoms with Gasteiger partial charge >= 0.3 is 6.03 Å². The zero-order chi connectivity index (χ0) is 16.4. The highest BCUT2D eigenvalue weighted by atomic mass is 16.5. The van der Waals surface area contributed by atoms with Crippen LogP contribution in [0.3, 0.4) is 0 Å². The minimum Gasteiger partial charge on any atom is -0.338 e. The summed E-state index contributed by atoms with van der Waals surface area (Å²) >= 11 is 0. The monoisotopic (exact) mass is 333 g/mol. The normalized spacial score (nSPS) is 23.4. The van der Waals surface area contributed by atoms with E-state index in [4.69, 9.17) is 4.52 Å². The number of hydrogen-bond acceptors (Lipinski definition) is 5. The Labute approximate surface area is 142 Å². The molecule has 0 radical (unpaired) electrons. The summed E-state index contributed by atoms with van der Waals surface area (Å²) < 4.78 is 5.35. The lowest BCUT2D eigenvalue weighted by atomic mass is 9.96. The number of piperazine rings is 1. The Morgan fingerprint density at radius 2 is 1.83 bits per heavy atom. The second-order valence-electron chi connectivity index (χ2n) is 7.37. The fourth-order valence-electron chi connectivity index (χ4n) is 3.65. The van der Waals surface area contributed by atoms with E-state index in [1.54, 1.807) is 0 Å². The van der Waals surface area contributed by atoms with Gasteiger partial charge in [0.25, 0.3) is 0 Å². The first-order chi connectivity index (χ1) is 11.8. The second kappa shape index (κ2) is 7.09. The van der Waals surface area contributed by atoms with E-state index in [1.807, 2.05) is 4.90 Å². The maximum absolute atomic E-state index is 12.4. The van der Waals surface area contributed by atoms with Gasteiger partial charge in [0, 0.05) is 38.1 Å². The molecule has 2 saturated carbocycles. The van der Waals surface area contributed by atoms with Gasteiger partial charge in [0.05, 0.1) is 6.54 Å². The SMILES string of the molecule is O=C(NC1CCCCC1)N1CCN(Cc2nc(C3CC3)no2)CC1. The van der Waals surface area contributed by atoms with E-state index < -0.39 is 0 Å². The van der Waals surface area contributed by atoms with E-state index in [9.17, 15) is 4.79 Å². The largest absolute Gasteiger partial charge is 0.338 e. The fraction of sp³-hybridized carbons (Fsp3) is 0.824. The van der Waals surface area contributed by atoms with Crippen molar-refractivity contribution in [1.29, 1.82) is 0 Å². The van der Waals surface area contributed by atoms with Gasteiger partial charge in [-0.15, -0.1) is 0 Å². The van der Waals surface area contributed by atoms with Crippen LogP contribution in [-0.2, 0) is 6.54 Å². The third-order valence-electron chi connectivity index (χ3n) is 5.38. The summed E-state index contributed by atoms with van der Waals surface area (Å²) in [6.07, 6.45) is 8.43. The summed E-state index contributed by atoms with van der Waals surface area (Å²) in [7, 11) is 0. The van der Waals surface area contributed by atoms with Crippen LogP contribution < -0.4 is 5.32 Å². The van der Waals surface area contributed by atoms with E-state index in [0.717, 1.165) is 44.8 Å². The molecular weight excluding hydrogens is 306 g/mol. The number of rotatable bonds is 4. The van der Waals surface area contributed by atoms with Gasteiger partial charge in [-0.2, -0.15) is 4.98 Å². The standard InChI is InChI=1S/C17H27N5O2/c23-17(18-14-4-2-1-3-5-14)22-10-8-21(9-11-22)12-15-19-16(20-24-15)13-6-7-13/h13-14H,1-12H2,(H,18,23). The molecule has 2 amide bonds. The summed E-state index contributed by atoms with van der Waals surface area (Å²) in [5, 5.41) is 7.27. The molecule has 0 unspecified atom stereocenters. The maximum Gasteiger partial charge on any atom is 0.317 e. The molecule has 3 fully saturated rings. The highest BCUT2D eigenvalue weighted by molar-refractivity contribution is 5.74. The Hall–Kier alpha value is -1.63. The minimum atomic E-state index is 0.107. The predicted octanol–water partition coefficient (Wildman–Crippen LogP) is 2.11. The van der Waals surface area contributed by atoms with Crippen LogP contribution in [0.15, 0.2) is 4.52 Å². The summed E-state index contributed by atoms with van der Waals surface area (Å²) in [6.45, 7) is 3.95. The molecule has 0 atom stereocenters. The van der Waals surface area contributed by atoms with Crippen molar-refractivity contribution < 1.29 is 9.32 Å². The molecule has 2 heterocycles. The van der Waals surface area contributed by atoms with Gasteiger partial charge in [-0.05, 0) is 25.7 Å². The molecule has 24 heavy (non-hydrogen) atoms. The van der Waals surface area contributed by atoms with E-state index >= 15 is 0 Å². The van der Waals surface area contributed by atoms with Crippen LogP contribution in [0, 0.1) is 0 Å². The quantitative estimate of drug-likeness (QED) is 0.913. The molecule has 132 valence electrons. The summed E-state index contributed by atoms with van der Waals surface area (Å²) in [5.74, 6) is 2.11. The van der Waals surface area contributed by atoms with Gasteiger partial charge in [-0.3, -0.25) is 4.90 Å². The topological polar surface area (TPSA) is 74.5 Å². The molecule has 7 nitrogen and oxygen atoms in total. The number of carbonyl (C=O) groups is 1. The van der Waals surface area contributed by atoms with Crippen molar-refractivity contribution in [3.05, 3.63) is 11.7 Å². The lowest BCUT2D eigenvalue weighted by Gasteiger charge is -2.35. The minimum absolute atomic E-state index is 0.107. The van der Waals surface area contributed by atoms with Crippen molar-refractivity contribution >= 4 is 6.03 Å². The molecular formula is C17H27N5O2. The highest BCUT2D eigenvalue weighted by Gasteiger charge is 2.29. The summed E-state index contributed by atoms with van der Waals surface area (Å²) in [6, 6.07) is 0.485. The zero-order valence-corrected chi connectivity index (χ0v) is 14.2. The molecule has 2 aliphatic carbocycles. The Kier molecular flexibility index (Phi) is 4.69. The number of hydrogen-bond donors (Lipinski definition) is 1. The summed E-state index contributed by atoms with van der Waals surface area (Å²) in [5.41, 5.74) is 0. The molecule has 1 aromatic rings. The first kappa shape index (κ1) is 15.9. The van der Waals surface area contributed by atoms with Gasteiger partial charge in [0.1, 0.15) is 0 Å². The van der Waals surface area contributed by atoms with Crippen LogP contribution >= 0.6 is 0 Å². The van der Waals surface area contributed by atoms with Crippen LogP contribution in [-0.4, -0.2) is 58.2 Å². The van der Waals surface area contributed by atoms with Crippen molar-refractivity contribution in [2.24, 2.45) is 0 Å². The third kappa shape index (κ3) is 3.88. The molecule has 0 spiro atoms. The fourth-order valence-corrected chi connectivity index (χ4v) is 3.65. The average Bonchev–Trinajstić information content (AvgIpc) is 3.36. The molecule has 7 heteroatoms. The van der Waals surface area contributed by atoms with Crippen molar-refractivity contribution in [1.82, 2.24) is 25.3 Å². The zero-order valence-electron chi connectivity index (χ0n) is 14.2. The van der Waals surface area contributed by atoms with Gasteiger partial charge in [-0.1, -0.05) is 24.4 Å². The number of aromatic nitrogens is 2. The Bertz CT molecular complexity index is 557. The van der Waals surface area contributed by atoms with Gasteiger partial charge in [-0.25, -0.2) is 4.79 Å². The molecule has 1 saturated heterocycles. The number of carbonyl (C=O) groups excluding carboxylic acids is 1. The van der Waals surface area contributed by atoms with Crippen molar-refractivity contribution in [3.63, 3.8) is 0 Å². The smallest absolute Gasteiger partial charge is 0.317 e. The molecule has 1 N–H and O–H groups in total. The van der Waals surface area contributed by atoms with E-state index in [1.165, 1.54) is 32.1 Å². The Morgan fingerprint density at radius 3 is 2.54 bits per heavy atom. The van der Waals surface area contributed by atoms with Crippen LogP contribution in [0.1, 0.15) is 62.6 Å². The van der Waals surface area contributed by atoms with E-state index in [2.05, 4.69) is 20.4 Å². The number of nitrogens with zero attached hydrogens (tertiary/aromatic N) is 4. The maximum atomic E-state index is 12.4. The van der Waals surface area contributed by atoms with Crippen LogP contribution in [0.25, 0.3) is 0 Å². The van der Waals surface area contributed by atoms with Crippen LogP contribution in [0.5, 0.6) is 0 Å². The van der Waals surface area contributed by atoms with Crippen LogP contribution in [0.4, 0.5) is 4.79 Å². The highest BCUT2D eigenvalue weighted by Crippen LogP contribution is 2.38. The van der Waals surface area contributed by atoms with E-state index in [0.29, 0.717) is 24.4 Å². The molecule has 3 aliphatic rings. The summed E-state index contributed by atoms with van der Waals surface area (Å²) in [4.78, 5) is 21.1. The Morgan fingerprint density at radius 1 is 1.08 bits per heavy atom. The van der Waals surface area contributed by atoms with E-state index in [-0.39, 0.29) is 6.03 Å². The number of nitrogens with one attached hydrogen (secondary N) is 1. The number of urea groups is 1. The van der Waals surface area contributed by atoms with Crippen molar-refractivity contribution in [2.75, 3.05) is 26.2 Å². The predicted molar refractivity (Wildman–Crippen MR) is 88.5 cm³/mol. The van der Waals surface area contributed by atoms with Gasteiger partial charge in [0.15, 0.2) is 5.82 Å². The van der Waals surface area contributed by atoms with Gasteiger partial charge in [0.2, 0.25) is 5.89 Å². The lowest BCUT2D eigenvalue weighted by molar-refractivity contribution is 0.123. The molecule has 1 aliphatic heterocycles. The lowest BCUT2D eigenvalue weighted by Crippen LogP contribution is -2.53. The third-order valence-corrected chi connectivity index (χ3v) is 5.38. The molecule has 0 bridgehead atoms. The molecule has 4 rings (SSSR count). The molecule has 1 aromatic heterocycles. The van der Waals surface area contributed by atoms with Crippen LogP contribution in [0.2, 0.25) is 0 Å². The van der Waals surface area contributed by atoms with Crippen molar-refractivity contribution in [2.45, 2.75) is 63.5 Å². The van der Waals surface area contributed by atoms with Crippen molar-refractivity contribution in [3.8, 4) is 0 Å².